The average molecular weight is 523 g/mol. The first kappa shape index (κ1) is 23.1. The fourth-order valence-electron chi connectivity index (χ4n) is 4.60. The van der Waals surface area contributed by atoms with Crippen molar-refractivity contribution in [1.29, 1.82) is 0 Å². The van der Waals surface area contributed by atoms with Crippen LogP contribution in [0.5, 0.6) is 11.5 Å². The van der Waals surface area contributed by atoms with Crippen LogP contribution in [-0.2, 0) is 21.2 Å². The monoisotopic (exact) mass is 522 g/mol. The zero-order chi connectivity index (χ0) is 23.0. The van der Waals surface area contributed by atoms with Crippen molar-refractivity contribution in [2.24, 2.45) is 5.92 Å². The van der Waals surface area contributed by atoms with Gasteiger partial charge >= 0.3 is 0 Å². The molecule has 1 fully saturated rings. The van der Waals surface area contributed by atoms with E-state index >= 15 is 0 Å². The molecule has 1 saturated heterocycles. The van der Waals surface area contributed by atoms with Crippen LogP contribution in [0, 0.1) is 5.92 Å². The van der Waals surface area contributed by atoms with Gasteiger partial charge in [0, 0.05) is 41.3 Å². The molecule has 0 bridgehead atoms. The van der Waals surface area contributed by atoms with E-state index in [1.165, 1.54) is 30.7 Å². The van der Waals surface area contributed by atoms with E-state index in [1.54, 1.807) is 6.07 Å². The van der Waals surface area contributed by atoms with Gasteiger partial charge in [-0.2, -0.15) is 4.31 Å². The van der Waals surface area contributed by atoms with Gasteiger partial charge in [-0.15, -0.1) is 0 Å². The van der Waals surface area contributed by atoms with Crippen molar-refractivity contribution in [3.05, 3.63) is 46.4 Å². The van der Waals surface area contributed by atoms with Crippen LogP contribution in [0.15, 0.2) is 45.8 Å². The second-order valence-electron chi connectivity index (χ2n) is 8.23. The predicted octanol–water partition coefficient (Wildman–Crippen LogP) is 3.84. The first-order chi connectivity index (χ1) is 15.3. The molecule has 9 heteroatoms. The number of piperidine rings is 1. The summed E-state index contributed by atoms with van der Waals surface area (Å²) in [6, 6.07) is 10.7. The molecule has 4 rings (SSSR count). The highest BCUT2D eigenvalue weighted by molar-refractivity contribution is 9.10. The Kier molecular flexibility index (Phi) is 6.51. The van der Waals surface area contributed by atoms with Crippen LogP contribution in [0.1, 0.15) is 25.3 Å². The minimum Gasteiger partial charge on any atom is -0.493 e. The summed E-state index contributed by atoms with van der Waals surface area (Å²) in [4.78, 5) is 15.4. The smallest absolute Gasteiger partial charge is 0.243 e. The van der Waals surface area contributed by atoms with Gasteiger partial charge in [0.25, 0.3) is 0 Å². The molecule has 2 aliphatic heterocycles. The highest BCUT2D eigenvalue weighted by Gasteiger charge is 2.38. The SMILES string of the molecule is COc1ccc(S(=O)(=O)N2CCC(C(=O)N3c4ccc(Br)cc4C[C@H]3C)CC2)cc1OC. The standard InChI is InChI=1S/C23H27BrN2O5S/c1-15-12-17-13-18(24)4-6-20(17)26(15)23(27)16-8-10-25(11-9-16)32(28,29)19-5-7-21(30-2)22(14-19)31-3/h4-7,13-16H,8-12H2,1-3H3/t15-/m1/s1. The molecule has 0 radical (unpaired) electrons. The zero-order valence-corrected chi connectivity index (χ0v) is 20.8. The molecule has 1 atom stereocenters. The van der Waals surface area contributed by atoms with E-state index in [4.69, 9.17) is 9.47 Å². The summed E-state index contributed by atoms with van der Waals surface area (Å²) in [6.07, 6.45) is 1.83. The van der Waals surface area contributed by atoms with Crippen molar-refractivity contribution >= 4 is 37.5 Å². The molecule has 1 amide bonds. The van der Waals surface area contributed by atoms with Gasteiger partial charge in [-0.3, -0.25) is 4.79 Å². The normalized spacial score (nSPS) is 19.6. The van der Waals surface area contributed by atoms with E-state index in [9.17, 15) is 13.2 Å². The van der Waals surface area contributed by atoms with Crippen molar-refractivity contribution in [3.8, 4) is 11.5 Å². The summed E-state index contributed by atoms with van der Waals surface area (Å²) >= 11 is 3.50. The van der Waals surface area contributed by atoms with Crippen LogP contribution in [0.3, 0.4) is 0 Å². The van der Waals surface area contributed by atoms with Crippen LogP contribution in [0.25, 0.3) is 0 Å². The number of amides is 1. The van der Waals surface area contributed by atoms with Gasteiger partial charge in [0.2, 0.25) is 15.9 Å². The van der Waals surface area contributed by atoms with Gasteiger partial charge < -0.3 is 14.4 Å². The second-order valence-corrected chi connectivity index (χ2v) is 11.1. The Labute approximate surface area is 197 Å². The lowest BCUT2D eigenvalue weighted by Crippen LogP contribution is -2.46. The Morgan fingerprint density at radius 2 is 1.72 bits per heavy atom. The van der Waals surface area contributed by atoms with Gasteiger partial charge in [0.1, 0.15) is 0 Å². The van der Waals surface area contributed by atoms with Gasteiger partial charge in [0.15, 0.2) is 11.5 Å². The number of carbonyl (C=O) groups excluding carboxylic acids is 1. The number of rotatable bonds is 5. The minimum absolute atomic E-state index is 0.0849. The van der Waals surface area contributed by atoms with Crippen molar-refractivity contribution in [3.63, 3.8) is 0 Å². The fraction of sp³-hybridized carbons (Fsp3) is 0.435. The van der Waals surface area contributed by atoms with E-state index in [2.05, 4.69) is 28.9 Å². The first-order valence-corrected chi connectivity index (χ1v) is 12.8. The van der Waals surface area contributed by atoms with Crippen molar-refractivity contribution in [1.82, 2.24) is 4.31 Å². The Morgan fingerprint density at radius 3 is 2.38 bits per heavy atom. The third kappa shape index (κ3) is 4.13. The molecular formula is C23H27BrN2O5S. The molecule has 172 valence electrons. The van der Waals surface area contributed by atoms with Gasteiger partial charge in [-0.25, -0.2) is 8.42 Å². The topological polar surface area (TPSA) is 76.2 Å². The summed E-state index contributed by atoms with van der Waals surface area (Å²) in [7, 11) is -0.704. The maximum Gasteiger partial charge on any atom is 0.243 e. The number of hydrogen-bond acceptors (Lipinski definition) is 5. The van der Waals surface area contributed by atoms with Crippen LogP contribution in [0.4, 0.5) is 5.69 Å². The largest absolute Gasteiger partial charge is 0.493 e. The van der Waals surface area contributed by atoms with Gasteiger partial charge in [-0.05, 0) is 62.1 Å². The summed E-state index contributed by atoms with van der Waals surface area (Å²) < 4.78 is 39.2. The summed E-state index contributed by atoms with van der Waals surface area (Å²) in [5.74, 6) is 0.736. The molecule has 0 N–H and O–H groups in total. The van der Waals surface area contributed by atoms with Crippen LogP contribution in [0.2, 0.25) is 0 Å². The molecule has 2 heterocycles. The number of anilines is 1. The highest BCUT2D eigenvalue weighted by atomic mass is 79.9. The quantitative estimate of drug-likeness (QED) is 0.596. The van der Waals surface area contributed by atoms with E-state index in [0.717, 1.165) is 22.1 Å². The predicted molar refractivity (Wildman–Crippen MR) is 126 cm³/mol. The molecule has 32 heavy (non-hydrogen) atoms. The van der Waals surface area contributed by atoms with E-state index in [1.807, 2.05) is 17.0 Å². The number of carbonyl (C=O) groups is 1. The van der Waals surface area contributed by atoms with Crippen molar-refractivity contribution in [2.45, 2.75) is 37.1 Å². The Balaban J connectivity index is 1.47. The van der Waals surface area contributed by atoms with E-state index in [-0.39, 0.29) is 22.8 Å². The number of fused-ring (bicyclic) bond motifs is 1. The molecule has 2 aromatic rings. The number of hydrogen-bond donors (Lipinski definition) is 0. The highest BCUT2D eigenvalue weighted by Crippen LogP contribution is 2.37. The number of nitrogens with zero attached hydrogens (tertiary/aromatic N) is 2. The average Bonchev–Trinajstić information content (AvgIpc) is 3.12. The lowest BCUT2D eigenvalue weighted by Gasteiger charge is -2.34. The number of methoxy groups -OCH3 is 2. The molecular weight excluding hydrogens is 496 g/mol. The first-order valence-electron chi connectivity index (χ1n) is 10.6. The molecule has 0 aromatic heterocycles. The Morgan fingerprint density at radius 1 is 1.03 bits per heavy atom. The van der Waals surface area contributed by atoms with Gasteiger partial charge in [0.05, 0.1) is 19.1 Å². The number of sulfonamides is 1. The second kappa shape index (κ2) is 9.03. The molecule has 2 aliphatic rings. The van der Waals surface area contributed by atoms with E-state index < -0.39 is 10.0 Å². The number of ether oxygens (including phenoxy) is 2. The molecule has 0 unspecified atom stereocenters. The summed E-state index contributed by atoms with van der Waals surface area (Å²) in [5, 5.41) is 0. The van der Waals surface area contributed by atoms with Crippen molar-refractivity contribution in [2.75, 3.05) is 32.2 Å². The Hall–Kier alpha value is -2.10. The summed E-state index contributed by atoms with van der Waals surface area (Å²) in [5.41, 5.74) is 2.12. The third-order valence-electron chi connectivity index (χ3n) is 6.29. The lowest BCUT2D eigenvalue weighted by molar-refractivity contribution is -0.123. The minimum atomic E-state index is -3.68. The molecule has 0 aliphatic carbocycles. The maximum atomic E-state index is 13.4. The lowest BCUT2D eigenvalue weighted by atomic mass is 9.96. The molecule has 7 nitrogen and oxygen atoms in total. The van der Waals surface area contributed by atoms with Crippen LogP contribution < -0.4 is 14.4 Å². The van der Waals surface area contributed by atoms with Gasteiger partial charge in [-0.1, -0.05) is 15.9 Å². The zero-order valence-electron chi connectivity index (χ0n) is 18.4. The molecule has 0 saturated carbocycles. The fourth-order valence-corrected chi connectivity index (χ4v) is 6.50. The summed E-state index contributed by atoms with van der Waals surface area (Å²) in [6.45, 7) is 2.67. The third-order valence-corrected chi connectivity index (χ3v) is 8.68. The maximum absolute atomic E-state index is 13.4. The van der Waals surface area contributed by atoms with Crippen molar-refractivity contribution < 1.29 is 22.7 Å². The molecule has 0 spiro atoms. The Bertz CT molecular complexity index is 1130. The number of halogens is 1. The molecule has 2 aromatic carbocycles. The van der Waals surface area contributed by atoms with E-state index in [0.29, 0.717) is 37.4 Å². The van der Waals surface area contributed by atoms with Crippen LogP contribution >= 0.6 is 15.9 Å². The van der Waals surface area contributed by atoms with Crippen LogP contribution in [-0.4, -0.2) is 52.0 Å². The number of benzene rings is 2.